The minimum atomic E-state index is 0.175. The number of aliphatic hydroxyl groups excluding tert-OH is 1. The number of hydrogen-bond acceptors (Lipinski definition) is 3. The van der Waals surface area contributed by atoms with Gasteiger partial charge in [-0.25, -0.2) is 0 Å². The summed E-state index contributed by atoms with van der Waals surface area (Å²) in [6.45, 7) is 0.848. The molecule has 0 spiro atoms. The zero-order valence-electron chi connectivity index (χ0n) is 12.1. The van der Waals surface area contributed by atoms with Crippen LogP contribution < -0.4 is 4.90 Å². The van der Waals surface area contributed by atoms with Crippen LogP contribution in [0, 0.1) is 0 Å². The van der Waals surface area contributed by atoms with Crippen molar-refractivity contribution in [3.63, 3.8) is 0 Å². The van der Waals surface area contributed by atoms with Crippen molar-refractivity contribution in [2.75, 3.05) is 18.1 Å². The molecule has 0 bridgehead atoms. The molecule has 1 saturated carbocycles. The number of hydrogen-bond donors (Lipinski definition) is 1. The van der Waals surface area contributed by atoms with Crippen molar-refractivity contribution in [1.29, 1.82) is 0 Å². The van der Waals surface area contributed by atoms with E-state index in [2.05, 4.69) is 16.0 Å². The summed E-state index contributed by atoms with van der Waals surface area (Å²) in [4.78, 5) is 6.77. The number of pyridine rings is 1. The van der Waals surface area contributed by atoms with Crippen LogP contribution in [0.3, 0.4) is 0 Å². The minimum absolute atomic E-state index is 0.175. The smallest absolute Gasteiger partial charge is 0.0737 e. The maximum absolute atomic E-state index is 9.47. The zero-order valence-corrected chi connectivity index (χ0v) is 12.9. The molecule has 1 fully saturated rings. The van der Waals surface area contributed by atoms with Crippen LogP contribution in [-0.2, 0) is 0 Å². The summed E-state index contributed by atoms with van der Waals surface area (Å²) in [6.07, 6.45) is 8.13. The van der Waals surface area contributed by atoms with E-state index in [0.717, 1.165) is 16.6 Å². The Labute approximate surface area is 130 Å². The lowest BCUT2D eigenvalue weighted by molar-refractivity contribution is 0.290. The Morgan fingerprint density at radius 2 is 2.00 bits per heavy atom. The number of fused-ring (bicyclic) bond motifs is 1. The van der Waals surface area contributed by atoms with Gasteiger partial charge >= 0.3 is 0 Å². The van der Waals surface area contributed by atoms with Crippen molar-refractivity contribution >= 4 is 28.2 Å². The molecule has 3 nitrogen and oxygen atoms in total. The van der Waals surface area contributed by atoms with Crippen LogP contribution in [0.1, 0.15) is 32.1 Å². The van der Waals surface area contributed by atoms with Crippen LogP contribution >= 0.6 is 11.6 Å². The Morgan fingerprint density at radius 3 is 2.76 bits per heavy atom. The molecule has 0 unspecified atom stereocenters. The van der Waals surface area contributed by atoms with E-state index in [4.69, 9.17) is 11.6 Å². The number of benzene rings is 1. The van der Waals surface area contributed by atoms with E-state index in [1.807, 2.05) is 24.4 Å². The fourth-order valence-corrected chi connectivity index (χ4v) is 3.52. The number of aliphatic hydroxyl groups is 1. The third-order valence-electron chi connectivity index (χ3n) is 4.35. The highest BCUT2D eigenvalue weighted by molar-refractivity contribution is 6.31. The molecule has 1 N–H and O–H groups in total. The average Bonchev–Trinajstić information content (AvgIpc) is 2.53. The number of nitrogens with zero attached hydrogens (tertiary/aromatic N) is 2. The molecule has 4 heteroatoms. The van der Waals surface area contributed by atoms with Crippen LogP contribution in [0.15, 0.2) is 30.5 Å². The van der Waals surface area contributed by atoms with Gasteiger partial charge in [0, 0.05) is 34.9 Å². The van der Waals surface area contributed by atoms with E-state index in [1.165, 1.54) is 32.1 Å². The van der Waals surface area contributed by atoms with Crippen LogP contribution in [0.25, 0.3) is 10.9 Å². The fraction of sp³-hybridized carbons (Fsp3) is 0.471. The lowest BCUT2D eigenvalue weighted by Crippen LogP contribution is -2.39. The molecule has 3 rings (SSSR count). The first-order chi connectivity index (χ1) is 10.3. The molecular weight excluding hydrogens is 284 g/mol. The Morgan fingerprint density at radius 1 is 1.19 bits per heavy atom. The van der Waals surface area contributed by atoms with Crippen molar-refractivity contribution < 1.29 is 5.11 Å². The molecule has 2 aromatic rings. The summed E-state index contributed by atoms with van der Waals surface area (Å²) in [5.41, 5.74) is 2.08. The standard InChI is InChI=1S/C17H21ClN2O/c18-13-6-7-15-16(12-13)19-9-8-17(15)20(10-11-21)14-4-2-1-3-5-14/h6-9,12,14,21H,1-5,10-11H2. The minimum Gasteiger partial charge on any atom is -0.395 e. The van der Waals surface area contributed by atoms with Crippen molar-refractivity contribution in [3.8, 4) is 0 Å². The third-order valence-corrected chi connectivity index (χ3v) is 4.58. The van der Waals surface area contributed by atoms with Gasteiger partial charge in [-0.2, -0.15) is 0 Å². The molecule has 0 amide bonds. The van der Waals surface area contributed by atoms with E-state index >= 15 is 0 Å². The Kier molecular flexibility index (Phi) is 4.61. The quantitative estimate of drug-likeness (QED) is 0.927. The first-order valence-corrected chi connectivity index (χ1v) is 8.09. The van der Waals surface area contributed by atoms with Crippen LogP contribution in [0.4, 0.5) is 5.69 Å². The predicted octanol–water partition coefficient (Wildman–Crippen LogP) is 4.02. The van der Waals surface area contributed by atoms with Crippen LogP contribution in [-0.4, -0.2) is 29.3 Å². The van der Waals surface area contributed by atoms with Crippen LogP contribution in [0.5, 0.6) is 0 Å². The number of rotatable bonds is 4. The fourth-order valence-electron chi connectivity index (χ4n) is 3.36. The van der Waals surface area contributed by atoms with Gasteiger partial charge in [0.15, 0.2) is 0 Å². The van der Waals surface area contributed by atoms with Gasteiger partial charge in [0.25, 0.3) is 0 Å². The van der Waals surface area contributed by atoms with Crippen LogP contribution in [0.2, 0.25) is 5.02 Å². The van der Waals surface area contributed by atoms with Gasteiger partial charge in [-0.3, -0.25) is 4.98 Å². The first kappa shape index (κ1) is 14.6. The van der Waals surface area contributed by atoms with Gasteiger partial charge in [0.05, 0.1) is 12.1 Å². The van der Waals surface area contributed by atoms with Gasteiger partial charge in [0.1, 0.15) is 0 Å². The van der Waals surface area contributed by atoms with E-state index in [-0.39, 0.29) is 6.61 Å². The summed E-state index contributed by atoms with van der Waals surface area (Å²) < 4.78 is 0. The third kappa shape index (κ3) is 3.14. The molecule has 0 atom stereocenters. The van der Waals surface area contributed by atoms with Gasteiger partial charge in [-0.1, -0.05) is 30.9 Å². The molecule has 0 saturated heterocycles. The molecule has 1 heterocycles. The highest BCUT2D eigenvalue weighted by Gasteiger charge is 2.22. The summed E-state index contributed by atoms with van der Waals surface area (Å²) >= 11 is 6.07. The topological polar surface area (TPSA) is 36.4 Å². The molecule has 1 aliphatic rings. The SMILES string of the molecule is OCCN(c1ccnc2cc(Cl)ccc12)C1CCCCC1. The van der Waals surface area contributed by atoms with Gasteiger partial charge in [-0.05, 0) is 37.1 Å². The maximum Gasteiger partial charge on any atom is 0.0737 e. The molecule has 0 radical (unpaired) electrons. The number of aromatic nitrogens is 1. The predicted molar refractivity (Wildman–Crippen MR) is 88.1 cm³/mol. The average molecular weight is 305 g/mol. The number of anilines is 1. The molecule has 0 aliphatic heterocycles. The lowest BCUT2D eigenvalue weighted by Gasteiger charge is -2.36. The first-order valence-electron chi connectivity index (χ1n) is 7.71. The molecule has 1 aromatic heterocycles. The van der Waals surface area contributed by atoms with E-state index in [9.17, 15) is 5.11 Å². The second-order valence-corrected chi connectivity index (χ2v) is 6.14. The van der Waals surface area contributed by atoms with Gasteiger partial charge in [-0.15, -0.1) is 0 Å². The Bertz CT molecular complexity index is 611. The molecule has 112 valence electrons. The van der Waals surface area contributed by atoms with Crippen molar-refractivity contribution in [1.82, 2.24) is 4.98 Å². The molecule has 1 aromatic carbocycles. The normalized spacial score (nSPS) is 16.3. The van der Waals surface area contributed by atoms with E-state index in [1.54, 1.807) is 0 Å². The molecular formula is C17H21ClN2O. The van der Waals surface area contributed by atoms with Crippen molar-refractivity contribution in [3.05, 3.63) is 35.5 Å². The lowest BCUT2D eigenvalue weighted by atomic mass is 9.93. The van der Waals surface area contributed by atoms with Crippen molar-refractivity contribution in [2.24, 2.45) is 0 Å². The Balaban J connectivity index is 2.02. The van der Waals surface area contributed by atoms with Gasteiger partial charge in [0.2, 0.25) is 0 Å². The summed E-state index contributed by atoms with van der Waals surface area (Å²) in [5.74, 6) is 0. The van der Waals surface area contributed by atoms with Gasteiger partial charge < -0.3 is 10.0 Å². The van der Waals surface area contributed by atoms with Crippen molar-refractivity contribution in [2.45, 2.75) is 38.1 Å². The maximum atomic E-state index is 9.47. The highest BCUT2D eigenvalue weighted by Crippen LogP contribution is 2.32. The Hall–Kier alpha value is -1.32. The second-order valence-electron chi connectivity index (χ2n) is 5.70. The molecule has 1 aliphatic carbocycles. The highest BCUT2D eigenvalue weighted by atomic mass is 35.5. The summed E-state index contributed by atoms with van der Waals surface area (Å²) in [5, 5.41) is 11.3. The molecule has 21 heavy (non-hydrogen) atoms. The summed E-state index contributed by atoms with van der Waals surface area (Å²) in [7, 11) is 0. The largest absolute Gasteiger partial charge is 0.395 e. The number of halogens is 1. The van der Waals surface area contributed by atoms with E-state index < -0.39 is 0 Å². The van der Waals surface area contributed by atoms with E-state index in [0.29, 0.717) is 17.6 Å². The monoisotopic (exact) mass is 304 g/mol. The second kappa shape index (κ2) is 6.63. The zero-order chi connectivity index (χ0) is 14.7. The summed E-state index contributed by atoms with van der Waals surface area (Å²) in [6, 6.07) is 8.42.